The van der Waals surface area contributed by atoms with Gasteiger partial charge in [-0.1, -0.05) is 42.5 Å². The summed E-state index contributed by atoms with van der Waals surface area (Å²) in [5.74, 6) is 0.101. The third-order valence-corrected chi connectivity index (χ3v) is 5.58. The van der Waals surface area contributed by atoms with Gasteiger partial charge >= 0.3 is 0 Å². The zero-order valence-electron chi connectivity index (χ0n) is 17.7. The summed E-state index contributed by atoms with van der Waals surface area (Å²) in [6, 6.07) is 22.9. The van der Waals surface area contributed by atoms with Crippen molar-refractivity contribution in [1.29, 1.82) is 0 Å². The van der Waals surface area contributed by atoms with Gasteiger partial charge in [0.25, 0.3) is 17.1 Å². The summed E-state index contributed by atoms with van der Waals surface area (Å²) in [5.41, 5.74) is 1.86. The standard InChI is InChI=1S/C25H20N2O5S/c1-31-21-14-17(12-13-20(21)32-16-23(28)26-18-8-4-2-5-9-18)15-22-24(29)27(25(30)33-22)19-10-6-3-7-11-19/h2-15H,16H2,1H3,(H,26,28)/b22-15-. The predicted octanol–water partition coefficient (Wildman–Crippen LogP) is 4.95. The molecule has 1 aliphatic rings. The Morgan fingerprint density at radius 1 is 0.970 bits per heavy atom. The SMILES string of the molecule is COc1cc(/C=C2\SC(=O)N(c3ccccc3)C2=O)ccc1OCC(=O)Nc1ccccc1. The number of amides is 3. The number of nitrogens with zero attached hydrogens (tertiary/aromatic N) is 1. The summed E-state index contributed by atoms with van der Waals surface area (Å²) in [4.78, 5) is 38.8. The molecule has 1 heterocycles. The second kappa shape index (κ2) is 10.1. The highest BCUT2D eigenvalue weighted by Gasteiger charge is 2.36. The van der Waals surface area contributed by atoms with Crippen molar-refractivity contribution < 1.29 is 23.9 Å². The number of ether oxygens (including phenoxy) is 2. The molecule has 0 unspecified atom stereocenters. The predicted molar refractivity (Wildman–Crippen MR) is 128 cm³/mol. The Morgan fingerprint density at radius 2 is 1.67 bits per heavy atom. The highest BCUT2D eigenvalue weighted by atomic mass is 32.2. The highest BCUT2D eigenvalue weighted by Crippen LogP contribution is 2.36. The first-order valence-corrected chi connectivity index (χ1v) is 10.9. The minimum Gasteiger partial charge on any atom is -0.493 e. The maximum absolute atomic E-state index is 12.8. The van der Waals surface area contributed by atoms with Crippen LogP contribution >= 0.6 is 11.8 Å². The molecule has 1 fully saturated rings. The Kier molecular flexibility index (Phi) is 6.75. The van der Waals surface area contributed by atoms with Gasteiger partial charge in [-0.05, 0) is 59.8 Å². The lowest BCUT2D eigenvalue weighted by atomic mass is 10.2. The van der Waals surface area contributed by atoms with Crippen LogP contribution in [0.3, 0.4) is 0 Å². The number of rotatable bonds is 7. The number of benzene rings is 3. The van der Waals surface area contributed by atoms with E-state index in [1.54, 1.807) is 60.7 Å². The quantitative estimate of drug-likeness (QED) is 0.502. The lowest BCUT2D eigenvalue weighted by Gasteiger charge is -2.12. The van der Waals surface area contributed by atoms with Crippen LogP contribution in [0.15, 0.2) is 83.8 Å². The van der Waals surface area contributed by atoms with E-state index in [2.05, 4.69) is 5.32 Å². The zero-order chi connectivity index (χ0) is 23.2. The summed E-state index contributed by atoms with van der Waals surface area (Å²) in [7, 11) is 1.49. The van der Waals surface area contributed by atoms with E-state index >= 15 is 0 Å². The topological polar surface area (TPSA) is 84.9 Å². The van der Waals surface area contributed by atoms with Crippen LogP contribution in [0.25, 0.3) is 6.08 Å². The Morgan fingerprint density at radius 3 is 2.36 bits per heavy atom. The average Bonchev–Trinajstić information content (AvgIpc) is 3.11. The van der Waals surface area contributed by atoms with E-state index in [-0.39, 0.29) is 23.7 Å². The summed E-state index contributed by atoms with van der Waals surface area (Å²) in [6.07, 6.45) is 1.63. The smallest absolute Gasteiger partial charge is 0.298 e. The van der Waals surface area contributed by atoms with Crippen molar-refractivity contribution in [2.45, 2.75) is 0 Å². The Balaban J connectivity index is 1.45. The lowest BCUT2D eigenvalue weighted by molar-refractivity contribution is -0.118. The number of para-hydroxylation sites is 2. The van der Waals surface area contributed by atoms with E-state index in [4.69, 9.17) is 9.47 Å². The molecule has 33 heavy (non-hydrogen) atoms. The van der Waals surface area contributed by atoms with Crippen molar-refractivity contribution in [1.82, 2.24) is 0 Å². The van der Waals surface area contributed by atoms with Crippen molar-refractivity contribution in [2.24, 2.45) is 0 Å². The number of hydrogen-bond acceptors (Lipinski definition) is 6. The van der Waals surface area contributed by atoms with Gasteiger partial charge in [0, 0.05) is 5.69 Å². The van der Waals surface area contributed by atoms with Crippen molar-refractivity contribution in [3.63, 3.8) is 0 Å². The van der Waals surface area contributed by atoms with E-state index in [0.29, 0.717) is 33.3 Å². The third kappa shape index (κ3) is 5.24. The van der Waals surface area contributed by atoms with Crippen LogP contribution in [0.5, 0.6) is 11.5 Å². The summed E-state index contributed by atoms with van der Waals surface area (Å²) < 4.78 is 11.0. The van der Waals surface area contributed by atoms with E-state index in [9.17, 15) is 14.4 Å². The lowest BCUT2D eigenvalue weighted by Crippen LogP contribution is -2.27. The summed E-state index contributed by atoms with van der Waals surface area (Å²) in [5, 5.41) is 2.39. The Hall–Kier alpha value is -4.04. The van der Waals surface area contributed by atoms with Gasteiger partial charge in [0.2, 0.25) is 0 Å². The molecule has 166 valence electrons. The Bertz CT molecular complexity index is 1210. The van der Waals surface area contributed by atoms with Gasteiger partial charge < -0.3 is 14.8 Å². The van der Waals surface area contributed by atoms with Crippen LogP contribution in [0.4, 0.5) is 16.2 Å². The first kappa shape index (κ1) is 22.2. The molecule has 1 aliphatic heterocycles. The van der Waals surface area contributed by atoms with Crippen molar-refractivity contribution in [3.8, 4) is 11.5 Å². The number of carbonyl (C=O) groups is 3. The van der Waals surface area contributed by atoms with Gasteiger partial charge in [0.15, 0.2) is 18.1 Å². The fourth-order valence-corrected chi connectivity index (χ4v) is 4.02. The molecule has 7 nitrogen and oxygen atoms in total. The number of hydrogen-bond donors (Lipinski definition) is 1. The number of anilines is 2. The van der Waals surface area contributed by atoms with Crippen LogP contribution in [-0.2, 0) is 9.59 Å². The molecule has 0 spiro atoms. The second-order valence-corrected chi connectivity index (χ2v) is 7.96. The third-order valence-electron chi connectivity index (χ3n) is 4.71. The molecule has 1 saturated heterocycles. The summed E-state index contributed by atoms with van der Waals surface area (Å²) in [6.45, 7) is -0.194. The molecule has 0 aliphatic carbocycles. The fourth-order valence-electron chi connectivity index (χ4n) is 3.17. The van der Waals surface area contributed by atoms with Crippen molar-refractivity contribution >= 4 is 46.3 Å². The van der Waals surface area contributed by atoms with Crippen LogP contribution in [-0.4, -0.2) is 30.8 Å². The number of thioether (sulfide) groups is 1. The fraction of sp³-hybridized carbons (Fsp3) is 0.0800. The molecule has 3 aromatic carbocycles. The molecule has 8 heteroatoms. The molecule has 0 aromatic heterocycles. The van der Waals surface area contributed by atoms with Gasteiger partial charge in [-0.2, -0.15) is 0 Å². The number of nitrogens with one attached hydrogen (secondary N) is 1. The molecular formula is C25H20N2O5S. The van der Waals surface area contributed by atoms with E-state index in [1.165, 1.54) is 7.11 Å². The van der Waals surface area contributed by atoms with Crippen LogP contribution in [0, 0.1) is 0 Å². The molecule has 3 aromatic rings. The number of imide groups is 1. The largest absolute Gasteiger partial charge is 0.493 e. The van der Waals surface area contributed by atoms with E-state index in [1.807, 2.05) is 24.3 Å². The average molecular weight is 461 g/mol. The molecule has 4 rings (SSSR count). The van der Waals surface area contributed by atoms with Crippen molar-refractivity contribution in [2.75, 3.05) is 23.9 Å². The van der Waals surface area contributed by atoms with Crippen LogP contribution < -0.4 is 19.7 Å². The van der Waals surface area contributed by atoms with E-state index < -0.39 is 0 Å². The molecule has 3 amide bonds. The minimum atomic E-state index is -0.381. The molecule has 1 N–H and O–H groups in total. The number of carbonyl (C=O) groups excluding carboxylic acids is 3. The second-order valence-electron chi connectivity index (χ2n) is 6.97. The highest BCUT2D eigenvalue weighted by molar-refractivity contribution is 8.19. The van der Waals surface area contributed by atoms with Gasteiger partial charge in [0.1, 0.15) is 0 Å². The maximum Gasteiger partial charge on any atom is 0.298 e. The zero-order valence-corrected chi connectivity index (χ0v) is 18.5. The van der Waals surface area contributed by atoms with Crippen LogP contribution in [0.2, 0.25) is 0 Å². The van der Waals surface area contributed by atoms with E-state index in [0.717, 1.165) is 16.7 Å². The minimum absolute atomic E-state index is 0.194. The molecule has 0 bridgehead atoms. The first-order chi connectivity index (χ1) is 16.0. The van der Waals surface area contributed by atoms with Gasteiger partial charge in [-0.3, -0.25) is 14.4 Å². The summed E-state index contributed by atoms with van der Waals surface area (Å²) >= 11 is 0.878. The van der Waals surface area contributed by atoms with Crippen molar-refractivity contribution in [3.05, 3.63) is 89.3 Å². The molecule has 0 saturated carbocycles. The normalized spacial score (nSPS) is 14.5. The molecular weight excluding hydrogens is 440 g/mol. The van der Waals surface area contributed by atoms with Crippen LogP contribution in [0.1, 0.15) is 5.56 Å². The maximum atomic E-state index is 12.8. The van der Waals surface area contributed by atoms with Gasteiger partial charge in [0.05, 0.1) is 17.7 Å². The monoisotopic (exact) mass is 460 g/mol. The first-order valence-electron chi connectivity index (χ1n) is 10.0. The Labute approximate surface area is 195 Å². The van der Waals surface area contributed by atoms with Gasteiger partial charge in [-0.25, -0.2) is 4.90 Å². The number of methoxy groups -OCH3 is 1. The molecule has 0 atom stereocenters. The van der Waals surface area contributed by atoms with Gasteiger partial charge in [-0.15, -0.1) is 0 Å². The molecule has 0 radical (unpaired) electrons.